The molecule has 0 fully saturated rings. The molecule has 0 aromatic heterocycles. The van der Waals surface area contributed by atoms with E-state index in [4.69, 9.17) is 4.55 Å². The number of benzene rings is 1. The maximum atomic E-state index is 10.8. The molecule has 3 nitrogen and oxygen atoms in total. The number of para-hydroxylation sites is 1. The molecule has 0 spiro atoms. The first-order chi connectivity index (χ1) is 5.79. The normalized spacial score (nSPS) is 17.6. The number of nitrogens with zero attached hydrogens (tertiary/aromatic N) is 1. The molecule has 0 saturated heterocycles. The average molecular weight is 201 g/mol. The van der Waals surface area contributed by atoms with Crippen molar-refractivity contribution < 1.29 is 8.76 Å². The highest BCUT2D eigenvalue weighted by atomic mass is 32.2. The first kappa shape index (κ1) is 8.10. The SMILES string of the molecule is O=S(O)N1CSc2ccccc21. The van der Waals surface area contributed by atoms with E-state index in [-0.39, 0.29) is 0 Å². The first-order valence-electron chi connectivity index (χ1n) is 3.39. The van der Waals surface area contributed by atoms with Gasteiger partial charge in [0.15, 0.2) is 0 Å². The lowest BCUT2D eigenvalue weighted by Crippen LogP contribution is -2.20. The Balaban J connectivity index is 2.42. The van der Waals surface area contributed by atoms with Crippen LogP contribution in [-0.4, -0.2) is 14.6 Å². The molecule has 12 heavy (non-hydrogen) atoms. The van der Waals surface area contributed by atoms with E-state index in [1.54, 1.807) is 11.8 Å². The summed E-state index contributed by atoms with van der Waals surface area (Å²) in [5.74, 6) is 0.558. The second-order valence-electron chi connectivity index (χ2n) is 2.35. The number of thioether (sulfide) groups is 1. The van der Waals surface area contributed by atoms with E-state index in [0.29, 0.717) is 5.88 Å². The molecule has 0 bridgehead atoms. The van der Waals surface area contributed by atoms with Gasteiger partial charge in [0, 0.05) is 4.90 Å². The van der Waals surface area contributed by atoms with E-state index >= 15 is 0 Å². The molecule has 2 rings (SSSR count). The molecule has 1 aromatic carbocycles. The lowest BCUT2D eigenvalue weighted by molar-refractivity contribution is 0.562. The van der Waals surface area contributed by atoms with Gasteiger partial charge in [0.25, 0.3) is 11.3 Å². The Morgan fingerprint density at radius 3 is 3.00 bits per heavy atom. The highest BCUT2D eigenvalue weighted by molar-refractivity contribution is 8.01. The highest BCUT2D eigenvalue weighted by Crippen LogP contribution is 2.38. The fourth-order valence-electron chi connectivity index (χ4n) is 1.11. The van der Waals surface area contributed by atoms with Crippen LogP contribution in [0.15, 0.2) is 29.2 Å². The van der Waals surface area contributed by atoms with Crippen LogP contribution in [0.2, 0.25) is 0 Å². The van der Waals surface area contributed by atoms with Crippen LogP contribution in [0, 0.1) is 0 Å². The predicted octanol–water partition coefficient (Wildman–Crippen LogP) is 1.69. The molecule has 0 saturated carbocycles. The molecular weight excluding hydrogens is 194 g/mol. The quantitative estimate of drug-likeness (QED) is 0.703. The van der Waals surface area contributed by atoms with E-state index < -0.39 is 11.3 Å². The lowest BCUT2D eigenvalue weighted by atomic mass is 10.3. The number of anilines is 1. The molecule has 1 N–H and O–H groups in total. The third-order valence-electron chi connectivity index (χ3n) is 1.66. The van der Waals surface area contributed by atoms with Crippen molar-refractivity contribution in [3.05, 3.63) is 24.3 Å². The summed E-state index contributed by atoms with van der Waals surface area (Å²) in [7, 11) is 0. The zero-order valence-electron chi connectivity index (χ0n) is 6.14. The number of rotatable bonds is 1. The van der Waals surface area contributed by atoms with Gasteiger partial charge in [-0.3, -0.25) is 8.86 Å². The minimum absolute atomic E-state index is 0.558. The fraction of sp³-hybridized carbons (Fsp3) is 0.143. The van der Waals surface area contributed by atoms with Crippen molar-refractivity contribution in [2.45, 2.75) is 4.90 Å². The van der Waals surface area contributed by atoms with Crippen molar-refractivity contribution in [2.75, 3.05) is 10.2 Å². The van der Waals surface area contributed by atoms with Gasteiger partial charge in [-0.25, -0.2) is 4.21 Å². The molecule has 1 heterocycles. The summed E-state index contributed by atoms with van der Waals surface area (Å²) in [6, 6.07) is 7.59. The van der Waals surface area contributed by atoms with Gasteiger partial charge in [-0.2, -0.15) is 0 Å². The summed E-state index contributed by atoms with van der Waals surface area (Å²) >= 11 is -0.313. The minimum Gasteiger partial charge on any atom is -0.289 e. The van der Waals surface area contributed by atoms with Crippen molar-refractivity contribution in [3.8, 4) is 0 Å². The average Bonchev–Trinajstić information content (AvgIpc) is 2.47. The van der Waals surface area contributed by atoms with Gasteiger partial charge in [0.1, 0.15) is 0 Å². The monoisotopic (exact) mass is 201 g/mol. The van der Waals surface area contributed by atoms with E-state index in [1.807, 2.05) is 24.3 Å². The van der Waals surface area contributed by atoms with Crippen LogP contribution >= 0.6 is 11.8 Å². The van der Waals surface area contributed by atoms with Crippen molar-refractivity contribution >= 4 is 28.7 Å². The molecule has 1 atom stereocenters. The first-order valence-corrected chi connectivity index (χ1v) is 5.44. The summed E-state index contributed by atoms with van der Waals surface area (Å²) in [5, 5.41) is 0. The predicted molar refractivity (Wildman–Crippen MR) is 50.4 cm³/mol. The fourth-order valence-corrected chi connectivity index (χ4v) is 2.91. The zero-order valence-corrected chi connectivity index (χ0v) is 7.77. The van der Waals surface area contributed by atoms with Crippen LogP contribution in [0.5, 0.6) is 0 Å². The molecule has 1 aliphatic rings. The summed E-state index contributed by atoms with van der Waals surface area (Å²) in [6.45, 7) is 0. The molecule has 5 heteroatoms. The maximum absolute atomic E-state index is 10.8. The summed E-state index contributed by atoms with van der Waals surface area (Å²) in [6.07, 6.45) is 0. The van der Waals surface area contributed by atoms with Crippen molar-refractivity contribution in [2.24, 2.45) is 0 Å². The second kappa shape index (κ2) is 3.08. The van der Waals surface area contributed by atoms with Gasteiger partial charge in [0.2, 0.25) is 0 Å². The Bertz CT molecular complexity index is 329. The molecule has 1 aliphatic heterocycles. The van der Waals surface area contributed by atoms with Gasteiger partial charge in [0.05, 0.1) is 11.6 Å². The summed E-state index contributed by atoms with van der Waals surface area (Å²) < 4.78 is 21.1. The number of fused-ring (bicyclic) bond motifs is 1. The molecule has 1 unspecified atom stereocenters. The van der Waals surface area contributed by atoms with E-state index in [0.717, 1.165) is 10.6 Å². The Labute approximate surface area is 77.2 Å². The topological polar surface area (TPSA) is 40.5 Å². The Morgan fingerprint density at radius 2 is 2.25 bits per heavy atom. The molecule has 0 radical (unpaired) electrons. The van der Waals surface area contributed by atoms with E-state index in [1.165, 1.54) is 4.31 Å². The summed E-state index contributed by atoms with van der Waals surface area (Å²) in [4.78, 5) is 1.07. The molecular formula is C7H7NO2S2. The van der Waals surface area contributed by atoms with Gasteiger partial charge in [-0.1, -0.05) is 12.1 Å². The third kappa shape index (κ3) is 1.24. The Kier molecular flexibility index (Phi) is 2.08. The maximum Gasteiger partial charge on any atom is 0.262 e. The number of hydrogen-bond donors (Lipinski definition) is 1. The zero-order chi connectivity index (χ0) is 8.55. The van der Waals surface area contributed by atoms with Crippen molar-refractivity contribution in [1.29, 1.82) is 0 Å². The van der Waals surface area contributed by atoms with Crippen LogP contribution in [0.4, 0.5) is 5.69 Å². The molecule has 1 aromatic rings. The lowest BCUT2D eigenvalue weighted by Gasteiger charge is -2.11. The Hall–Kier alpha value is -0.520. The second-order valence-corrected chi connectivity index (χ2v) is 4.24. The Morgan fingerprint density at radius 1 is 1.50 bits per heavy atom. The van der Waals surface area contributed by atoms with E-state index in [2.05, 4.69) is 0 Å². The highest BCUT2D eigenvalue weighted by Gasteiger charge is 2.22. The van der Waals surface area contributed by atoms with Gasteiger partial charge >= 0.3 is 0 Å². The molecule has 0 amide bonds. The van der Waals surface area contributed by atoms with Crippen LogP contribution < -0.4 is 4.31 Å². The molecule has 64 valence electrons. The van der Waals surface area contributed by atoms with Crippen LogP contribution in [-0.2, 0) is 11.3 Å². The molecule has 0 aliphatic carbocycles. The van der Waals surface area contributed by atoms with Gasteiger partial charge in [-0.05, 0) is 12.1 Å². The van der Waals surface area contributed by atoms with Gasteiger partial charge in [-0.15, -0.1) is 11.8 Å². The summed E-state index contributed by atoms with van der Waals surface area (Å²) in [5.41, 5.74) is 0.850. The third-order valence-corrected chi connectivity index (χ3v) is 3.57. The largest absolute Gasteiger partial charge is 0.289 e. The van der Waals surface area contributed by atoms with Crippen molar-refractivity contribution in [3.63, 3.8) is 0 Å². The van der Waals surface area contributed by atoms with Crippen molar-refractivity contribution in [1.82, 2.24) is 0 Å². The van der Waals surface area contributed by atoms with Crippen LogP contribution in [0.3, 0.4) is 0 Å². The van der Waals surface area contributed by atoms with Crippen LogP contribution in [0.25, 0.3) is 0 Å². The number of hydrogen-bond acceptors (Lipinski definition) is 2. The minimum atomic E-state index is -1.89. The van der Waals surface area contributed by atoms with E-state index in [9.17, 15) is 4.21 Å². The van der Waals surface area contributed by atoms with Gasteiger partial charge < -0.3 is 0 Å². The van der Waals surface area contributed by atoms with Crippen LogP contribution in [0.1, 0.15) is 0 Å². The smallest absolute Gasteiger partial charge is 0.262 e. The standard InChI is InChI=1S/C7H7NO2S2/c9-12(10)8-5-11-7-4-2-1-3-6(7)8/h1-4H,5H2,(H,9,10).